The van der Waals surface area contributed by atoms with Crippen LogP contribution in [-0.4, -0.2) is 0 Å². The van der Waals surface area contributed by atoms with Crippen molar-refractivity contribution in [3.8, 4) is 12.3 Å². The SMILES string of the molecule is C#C[C@@H](N)c1ccc(Br)cc1. The molecule has 0 spiro atoms. The first-order valence-corrected chi connectivity index (χ1v) is 4.00. The molecular formula is C9H8BrN. The van der Waals surface area contributed by atoms with Gasteiger partial charge in [0, 0.05) is 4.47 Å². The number of hydrogen-bond acceptors (Lipinski definition) is 1. The molecule has 1 atom stereocenters. The Morgan fingerprint density at radius 1 is 1.36 bits per heavy atom. The zero-order chi connectivity index (χ0) is 8.27. The minimum atomic E-state index is -0.289. The highest BCUT2D eigenvalue weighted by atomic mass is 79.9. The van der Waals surface area contributed by atoms with Crippen LogP contribution in [-0.2, 0) is 0 Å². The summed E-state index contributed by atoms with van der Waals surface area (Å²) >= 11 is 3.32. The van der Waals surface area contributed by atoms with Gasteiger partial charge >= 0.3 is 0 Å². The summed E-state index contributed by atoms with van der Waals surface area (Å²) in [6, 6.07) is 7.38. The van der Waals surface area contributed by atoms with Crippen LogP contribution in [0.15, 0.2) is 28.7 Å². The van der Waals surface area contributed by atoms with Crippen LogP contribution in [0.25, 0.3) is 0 Å². The van der Waals surface area contributed by atoms with Crippen molar-refractivity contribution in [3.05, 3.63) is 34.3 Å². The highest BCUT2D eigenvalue weighted by Crippen LogP contribution is 2.14. The summed E-state index contributed by atoms with van der Waals surface area (Å²) in [6.07, 6.45) is 5.16. The Morgan fingerprint density at radius 3 is 2.36 bits per heavy atom. The third-order valence-corrected chi connectivity index (χ3v) is 1.94. The zero-order valence-electron chi connectivity index (χ0n) is 5.92. The highest BCUT2D eigenvalue weighted by molar-refractivity contribution is 9.10. The predicted molar refractivity (Wildman–Crippen MR) is 49.9 cm³/mol. The maximum Gasteiger partial charge on any atom is 0.0918 e. The van der Waals surface area contributed by atoms with E-state index in [1.165, 1.54) is 0 Å². The fourth-order valence-electron chi connectivity index (χ4n) is 0.766. The van der Waals surface area contributed by atoms with Crippen molar-refractivity contribution in [1.82, 2.24) is 0 Å². The van der Waals surface area contributed by atoms with E-state index in [2.05, 4.69) is 21.9 Å². The van der Waals surface area contributed by atoms with E-state index in [1.807, 2.05) is 24.3 Å². The maximum absolute atomic E-state index is 5.59. The smallest absolute Gasteiger partial charge is 0.0918 e. The van der Waals surface area contributed by atoms with Crippen molar-refractivity contribution in [2.45, 2.75) is 6.04 Å². The van der Waals surface area contributed by atoms with Crippen LogP contribution in [0, 0.1) is 12.3 Å². The molecule has 0 aliphatic rings. The van der Waals surface area contributed by atoms with Gasteiger partial charge in [0.2, 0.25) is 0 Å². The molecule has 56 valence electrons. The molecule has 0 radical (unpaired) electrons. The molecule has 0 fully saturated rings. The first kappa shape index (κ1) is 8.32. The Labute approximate surface area is 74.7 Å². The van der Waals surface area contributed by atoms with E-state index in [0.717, 1.165) is 10.0 Å². The Morgan fingerprint density at radius 2 is 1.91 bits per heavy atom. The number of nitrogens with two attached hydrogens (primary N) is 1. The second-order valence-corrected chi connectivity index (χ2v) is 3.11. The fourth-order valence-corrected chi connectivity index (χ4v) is 1.03. The molecule has 1 aromatic carbocycles. The molecule has 1 aromatic rings. The first-order chi connectivity index (χ1) is 5.24. The summed E-state index contributed by atoms with van der Waals surface area (Å²) in [6.45, 7) is 0. The topological polar surface area (TPSA) is 26.0 Å². The lowest BCUT2D eigenvalue weighted by Crippen LogP contribution is -2.06. The third kappa shape index (κ3) is 2.07. The van der Waals surface area contributed by atoms with E-state index in [1.54, 1.807) is 0 Å². The molecule has 11 heavy (non-hydrogen) atoms. The van der Waals surface area contributed by atoms with Gasteiger partial charge in [-0.3, -0.25) is 0 Å². The van der Waals surface area contributed by atoms with Crippen molar-refractivity contribution >= 4 is 15.9 Å². The number of halogens is 1. The van der Waals surface area contributed by atoms with Crippen molar-refractivity contribution < 1.29 is 0 Å². The van der Waals surface area contributed by atoms with Crippen LogP contribution in [0.4, 0.5) is 0 Å². The summed E-state index contributed by atoms with van der Waals surface area (Å²) in [5.74, 6) is 2.46. The van der Waals surface area contributed by atoms with Crippen molar-refractivity contribution in [3.63, 3.8) is 0 Å². The summed E-state index contributed by atoms with van der Waals surface area (Å²) in [5, 5.41) is 0. The lowest BCUT2D eigenvalue weighted by atomic mass is 10.1. The largest absolute Gasteiger partial charge is 0.314 e. The van der Waals surface area contributed by atoms with E-state index < -0.39 is 0 Å². The van der Waals surface area contributed by atoms with Gasteiger partial charge in [0.1, 0.15) is 0 Å². The Bertz CT molecular complexity index is 271. The molecule has 0 heterocycles. The summed E-state index contributed by atoms with van der Waals surface area (Å²) in [4.78, 5) is 0. The van der Waals surface area contributed by atoms with Crippen LogP contribution in [0.3, 0.4) is 0 Å². The summed E-state index contributed by atoms with van der Waals surface area (Å²) in [5.41, 5.74) is 6.56. The monoisotopic (exact) mass is 209 g/mol. The molecule has 1 rings (SSSR count). The highest BCUT2D eigenvalue weighted by Gasteiger charge is 1.99. The molecule has 0 aliphatic heterocycles. The molecular weight excluding hydrogens is 202 g/mol. The van der Waals surface area contributed by atoms with Crippen LogP contribution < -0.4 is 5.73 Å². The fraction of sp³-hybridized carbons (Fsp3) is 0.111. The van der Waals surface area contributed by atoms with Gasteiger partial charge in [0.25, 0.3) is 0 Å². The van der Waals surface area contributed by atoms with Crippen LogP contribution >= 0.6 is 15.9 Å². The Balaban J connectivity index is 2.92. The van der Waals surface area contributed by atoms with E-state index in [-0.39, 0.29) is 6.04 Å². The quantitative estimate of drug-likeness (QED) is 0.705. The van der Waals surface area contributed by atoms with E-state index in [9.17, 15) is 0 Å². The van der Waals surface area contributed by atoms with Gasteiger partial charge in [-0.2, -0.15) is 0 Å². The second-order valence-electron chi connectivity index (χ2n) is 2.20. The number of terminal acetylenes is 1. The molecule has 0 bridgehead atoms. The summed E-state index contributed by atoms with van der Waals surface area (Å²) in [7, 11) is 0. The standard InChI is InChI=1S/C9H8BrN/c1-2-9(11)7-3-5-8(10)6-4-7/h1,3-6,9H,11H2/t9-/m1/s1. The first-order valence-electron chi connectivity index (χ1n) is 3.21. The average molecular weight is 210 g/mol. The minimum Gasteiger partial charge on any atom is -0.314 e. The van der Waals surface area contributed by atoms with E-state index >= 15 is 0 Å². The normalized spacial score (nSPS) is 12.1. The lowest BCUT2D eigenvalue weighted by molar-refractivity contribution is 0.946. The van der Waals surface area contributed by atoms with Gasteiger partial charge in [-0.1, -0.05) is 34.0 Å². The van der Waals surface area contributed by atoms with Gasteiger partial charge in [0.15, 0.2) is 0 Å². The van der Waals surface area contributed by atoms with Gasteiger partial charge in [-0.25, -0.2) is 0 Å². The van der Waals surface area contributed by atoms with E-state index in [4.69, 9.17) is 12.2 Å². The van der Waals surface area contributed by atoms with Crippen LogP contribution in [0.5, 0.6) is 0 Å². The van der Waals surface area contributed by atoms with Gasteiger partial charge in [-0.05, 0) is 17.7 Å². The molecule has 0 aliphatic carbocycles. The summed E-state index contributed by atoms with van der Waals surface area (Å²) < 4.78 is 1.03. The average Bonchev–Trinajstić information content (AvgIpc) is 2.05. The maximum atomic E-state index is 5.59. The molecule has 2 N–H and O–H groups in total. The molecule has 0 saturated carbocycles. The van der Waals surface area contributed by atoms with Crippen molar-refractivity contribution in [2.75, 3.05) is 0 Å². The van der Waals surface area contributed by atoms with Gasteiger partial charge in [0.05, 0.1) is 6.04 Å². The Kier molecular flexibility index (Phi) is 2.70. The molecule has 0 unspecified atom stereocenters. The number of hydrogen-bond donors (Lipinski definition) is 1. The van der Waals surface area contributed by atoms with Gasteiger partial charge < -0.3 is 5.73 Å². The third-order valence-electron chi connectivity index (χ3n) is 1.41. The second kappa shape index (κ2) is 3.56. The molecule has 0 amide bonds. The van der Waals surface area contributed by atoms with Crippen LogP contribution in [0.2, 0.25) is 0 Å². The number of benzene rings is 1. The van der Waals surface area contributed by atoms with Crippen molar-refractivity contribution in [1.29, 1.82) is 0 Å². The zero-order valence-corrected chi connectivity index (χ0v) is 7.51. The predicted octanol–water partition coefficient (Wildman–Crippen LogP) is 2.08. The molecule has 1 nitrogen and oxygen atoms in total. The lowest BCUT2D eigenvalue weighted by Gasteiger charge is -2.02. The van der Waals surface area contributed by atoms with Crippen molar-refractivity contribution in [2.24, 2.45) is 5.73 Å². The molecule has 2 heteroatoms. The van der Waals surface area contributed by atoms with Gasteiger partial charge in [-0.15, -0.1) is 6.42 Å². The Hall–Kier alpha value is -0.780. The van der Waals surface area contributed by atoms with Crippen LogP contribution in [0.1, 0.15) is 11.6 Å². The number of rotatable bonds is 1. The molecule has 0 saturated heterocycles. The molecule has 0 aromatic heterocycles. The minimum absolute atomic E-state index is 0.289. The van der Waals surface area contributed by atoms with E-state index in [0.29, 0.717) is 0 Å².